The van der Waals surface area contributed by atoms with Gasteiger partial charge in [0, 0.05) is 27.9 Å². The summed E-state index contributed by atoms with van der Waals surface area (Å²) in [5, 5.41) is 8.17. The SMILES string of the molecule is CCC(Sc1cccc(NC(=O)/C(=C\c2cc(OC)c(OC)c(OC)c2)NC(=O)c2ccccc2)c1)C(=O)Nc1ccc2c(c1)OCCO2. The Kier molecular flexibility index (Phi) is 11.7. The number of hydrogen-bond donors (Lipinski definition) is 3. The summed E-state index contributed by atoms with van der Waals surface area (Å²) in [7, 11) is 4.48. The Bertz CT molecular complexity index is 1820. The fourth-order valence-electron chi connectivity index (χ4n) is 4.97. The maximum Gasteiger partial charge on any atom is 0.272 e. The molecule has 3 amide bonds. The number of fused-ring (bicyclic) bond motifs is 1. The molecule has 49 heavy (non-hydrogen) atoms. The first-order valence-electron chi connectivity index (χ1n) is 15.5. The molecule has 4 aromatic carbocycles. The summed E-state index contributed by atoms with van der Waals surface area (Å²) >= 11 is 1.37. The molecule has 0 fully saturated rings. The van der Waals surface area contributed by atoms with Crippen LogP contribution >= 0.6 is 11.8 Å². The van der Waals surface area contributed by atoms with E-state index in [9.17, 15) is 14.4 Å². The molecule has 0 aromatic heterocycles. The molecule has 0 aliphatic carbocycles. The molecule has 0 radical (unpaired) electrons. The average Bonchev–Trinajstić information content (AvgIpc) is 3.13. The van der Waals surface area contributed by atoms with Crippen LogP contribution in [0.3, 0.4) is 0 Å². The number of carbonyl (C=O) groups is 3. The number of amides is 3. The van der Waals surface area contributed by atoms with Gasteiger partial charge < -0.3 is 39.6 Å². The number of anilines is 2. The summed E-state index contributed by atoms with van der Waals surface area (Å²) in [6.45, 7) is 2.87. The number of rotatable bonds is 13. The highest BCUT2D eigenvalue weighted by atomic mass is 32.2. The molecule has 5 rings (SSSR count). The van der Waals surface area contributed by atoms with E-state index in [0.717, 1.165) is 4.90 Å². The second kappa shape index (κ2) is 16.5. The lowest BCUT2D eigenvalue weighted by Gasteiger charge is -2.20. The van der Waals surface area contributed by atoms with Gasteiger partial charge in [-0.25, -0.2) is 0 Å². The van der Waals surface area contributed by atoms with Crippen molar-refractivity contribution in [3.63, 3.8) is 0 Å². The summed E-state index contributed by atoms with van der Waals surface area (Å²) in [4.78, 5) is 40.9. The van der Waals surface area contributed by atoms with Crippen LogP contribution < -0.4 is 39.6 Å². The van der Waals surface area contributed by atoms with E-state index in [4.69, 9.17) is 23.7 Å². The van der Waals surface area contributed by atoms with Gasteiger partial charge in [-0.15, -0.1) is 11.8 Å². The van der Waals surface area contributed by atoms with Crippen LogP contribution in [-0.2, 0) is 9.59 Å². The number of nitrogens with one attached hydrogen (secondary N) is 3. The van der Waals surface area contributed by atoms with Gasteiger partial charge in [-0.2, -0.15) is 0 Å². The number of hydrogen-bond acceptors (Lipinski definition) is 9. The zero-order valence-electron chi connectivity index (χ0n) is 27.5. The van der Waals surface area contributed by atoms with Crippen LogP contribution in [0.4, 0.5) is 11.4 Å². The number of thioether (sulfide) groups is 1. The third kappa shape index (κ3) is 8.85. The second-order valence-electron chi connectivity index (χ2n) is 10.7. The number of ether oxygens (including phenoxy) is 5. The topological polar surface area (TPSA) is 133 Å². The van der Waals surface area contributed by atoms with E-state index in [2.05, 4.69) is 16.0 Å². The molecule has 4 aromatic rings. The van der Waals surface area contributed by atoms with Gasteiger partial charge in [0.05, 0.1) is 26.6 Å². The van der Waals surface area contributed by atoms with Crippen molar-refractivity contribution < 1.29 is 38.1 Å². The minimum atomic E-state index is -0.566. The maximum absolute atomic E-state index is 13.7. The largest absolute Gasteiger partial charge is 0.493 e. The van der Waals surface area contributed by atoms with Crippen molar-refractivity contribution in [3.05, 3.63) is 102 Å². The second-order valence-corrected chi connectivity index (χ2v) is 12.0. The Morgan fingerprint density at radius 2 is 1.49 bits per heavy atom. The number of benzene rings is 4. The normalized spacial score (nSPS) is 12.7. The quantitative estimate of drug-likeness (QED) is 0.108. The average molecular weight is 684 g/mol. The van der Waals surface area contributed by atoms with Crippen LogP contribution in [0.5, 0.6) is 28.7 Å². The van der Waals surface area contributed by atoms with Gasteiger partial charge in [0.15, 0.2) is 23.0 Å². The molecule has 0 saturated heterocycles. The lowest BCUT2D eigenvalue weighted by Crippen LogP contribution is -2.30. The van der Waals surface area contributed by atoms with Gasteiger partial charge in [0.25, 0.3) is 11.8 Å². The highest BCUT2D eigenvalue weighted by Gasteiger charge is 2.21. The molecule has 1 heterocycles. The highest BCUT2D eigenvalue weighted by molar-refractivity contribution is 8.00. The molecule has 0 saturated carbocycles. The zero-order chi connectivity index (χ0) is 34.8. The molecule has 254 valence electrons. The van der Waals surface area contributed by atoms with Crippen LogP contribution in [0.1, 0.15) is 29.3 Å². The Hall–Kier alpha value is -5.62. The predicted octanol–water partition coefficient (Wildman–Crippen LogP) is 6.40. The van der Waals surface area contributed by atoms with E-state index >= 15 is 0 Å². The van der Waals surface area contributed by atoms with Crippen LogP contribution in [0.25, 0.3) is 6.08 Å². The first-order chi connectivity index (χ1) is 23.8. The molecule has 1 aliphatic rings. The van der Waals surface area contributed by atoms with Crippen molar-refractivity contribution in [2.75, 3.05) is 45.2 Å². The lowest BCUT2D eigenvalue weighted by atomic mass is 10.1. The van der Waals surface area contributed by atoms with Crippen LogP contribution in [0.2, 0.25) is 0 Å². The number of methoxy groups -OCH3 is 3. The third-order valence-corrected chi connectivity index (χ3v) is 8.73. The molecule has 12 heteroatoms. The van der Waals surface area contributed by atoms with Gasteiger partial charge in [0.2, 0.25) is 11.7 Å². The Morgan fingerprint density at radius 1 is 0.796 bits per heavy atom. The first-order valence-corrected chi connectivity index (χ1v) is 16.4. The minimum Gasteiger partial charge on any atom is -0.493 e. The summed E-state index contributed by atoms with van der Waals surface area (Å²) in [5.41, 5.74) is 1.96. The Balaban J connectivity index is 1.35. The molecule has 0 spiro atoms. The van der Waals surface area contributed by atoms with Crippen molar-refractivity contribution in [2.45, 2.75) is 23.5 Å². The van der Waals surface area contributed by atoms with E-state index < -0.39 is 17.1 Å². The van der Waals surface area contributed by atoms with E-state index in [-0.39, 0.29) is 11.6 Å². The molecular weight excluding hydrogens is 646 g/mol. The summed E-state index contributed by atoms with van der Waals surface area (Å²) in [5.74, 6) is 1.19. The standard InChI is InChI=1S/C37H37N3O8S/c1-5-33(37(43)39-26-14-15-29-30(22-26)48-17-16-47-29)49-27-13-9-12-25(21-27)38-36(42)28(40-35(41)24-10-7-6-8-11-24)18-23-19-31(44-2)34(46-4)32(20-23)45-3/h6-15,18-22,33H,5,16-17H2,1-4H3,(H,38,42)(H,39,43)(H,40,41)/b28-18+. The summed E-state index contributed by atoms with van der Waals surface area (Å²) in [6, 6.07) is 24.4. The van der Waals surface area contributed by atoms with Gasteiger partial charge in [-0.3, -0.25) is 14.4 Å². The van der Waals surface area contributed by atoms with Crippen LogP contribution in [-0.4, -0.2) is 57.5 Å². The van der Waals surface area contributed by atoms with Gasteiger partial charge in [-0.1, -0.05) is 31.2 Å². The van der Waals surface area contributed by atoms with E-state index in [1.54, 1.807) is 78.9 Å². The molecule has 0 bridgehead atoms. The first kappa shape index (κ1) is 34.7. The molecule has 11 nitrogen and oxygen atoms in total. The fourth-order valence-corrected chi connectivity index (χ4v) is 5.98. The summed E-state index contributed by atoms with van der Waals surface area (Å²) in [6.07, 6.45) is 2.08. The van der Waals surface area contributed by atoms with Gasteiger partial charge in [-0.05, 0) is 72.7 Å². The lowest BCUT2D eigenvalue weighted by molar-refractivity contribution is -0.116. The van der Waals surface area contributed by atoms with E-state index in [0.29, 0.717) is 70.9 Å². The monoisotopic (exact) mass is 683 g/mol. The van der Waals surface area contributed by atoms with E-state index in [1.165, 1.54) is 39.2 Å². The molecule has 3 N–H and O–H groups in total. The highest BCUT2D eigenvalue weighted by Crippen LogP contribution is 2.39. The predicted molar refractivity (Wildman–Crippen MR) is 189 cm³/mol. The van der Waals surface area contributed by atoms with Gasteiger partial charge in [0.1, 0.15) is 18.9 Å². The van der Waals surface area contributed by atoms with Crippen molar-refractivity contribution in [1.82, 2.24) is 5.32 Å². The molecule has 1 atom stereocenters. The molecule has 1 aliphatic heterocycles. The minimum absolute atomic E-state index is 0.0218. The Labute approximate surface area is 288 Å². The smallest absolute Gasteiger partial charge is 0.272 e. The van der Waals surface area contributed by atoms with Crippen molar-refractivity contribution >= 4 is 46.9 Å². The van der Waals surface area contributed by atoms with Gasteiger partial charge >= 0.3 is 0 Å². The third-order valence-electron chi connectivity index (χ3n) is 7.37. The van der Waals surface area contributed by atoms with Crippen molar-refractivity contribution in [3.8, 4) is 28.7 Å². The van der Waals surface area contributed by atoms with E-state index in [1.807, 2.05) is 13.0 Å². The Morgan fingerprint density at radius 3 is 2.16 bits per heavy atom. The van der Waals surface area contributed by atoms with Crippen LogP contribution in [0, 0.1) is 0 Å². The van der Waals surface area contributed by atoms with Crippen LogP contribution in [0.15, 0.2) is 95.5 Å². The summed E-state index contributed by atoms with van der Waals surface area (Å²) < 4.78 is 27.6. The maximum atomic E-state index is 13.7. The van der Waals surface area contributed by atoms with Crippen molar-refractivity contribution in [1.29, 1.82) is 0 Å². The molecule has 1 unspecified atom stereocenters. The molecular formula is C37H37N3O8S. The number of carbonyl (C=O) groups excluding carboxylic acids is 3. The fraction of sp³-hybridized carbons (Fsp3) is 0.216. The van der Waals surface area contributed by atoms with Crippen molar-refractivity contribution in [2.24, 2.45) is 0 Å². The zero-order valence-corrected chi connectivity index (χ0v) is 28.3.